The summed E-state index contributed by atoms with van der Waals surface area (Å²) < 4.78 is 39.5. The fourth-order valence-electron chi connectivity index (χ4n) is 3.96. The minimum Gasteiger partial charge on any atom is -0.405 e. The Hall–Kier alpha value is -2.71. The van der Waals surface area contributed by atoms with Crippen molar-refractivity contribution in [1.82, 2.24) is 4.90 Å². The fraction of sp³-hybridized carbons (Fsp3) is 0.304. The average Bonchev–Trinajstić information content (AvgIpc) is 2.88. The minimum atomic E-state index is -1.69. The first-order chi connectivity index (χ1) is 14.8. The Balaban J connectivity index is 1.75. The highest BCUT2D eigenvalue weighted by Gasteiger charge is 2.55. The number of thioether (sulfide) groups is 1. The zero-order valence-corrected chi connectivity index (χ0v) is 17.7. The van der Waals surface area contributed by atoms with Crippen molar-refractivity contribution in [1.29, 1.82) is 0 Å². The van der Waals surface area contributed by atoms with Crippen molar-refractivity contribution in [2.24, 2.45) is 0 Å². The van der Waals surface area contributed by atoms with E-state index in [-0.39, 0.29) is 18.0 Å². The van der Waals surface area contributed by atoms with Gasteiger partial charge in [-0.2, -0.15) is 0 Å². The molecule has 4 rings (SSSR count). The van der Waals surface area contributed by atoms with E-state index in [4.69, 9.17) is 9.47 Å². The Morgan fingerprint density at radius 3 is 2.23 bits per heavy atom. The highest BCUT2D eigenvalue weighted by molar-refractivity contribution is 7.99. The van der Waals surface area contributed by atoms with Gasteiger partial charge in [0.15, 0.2) is 0 Å². The number of likely N-dealkylation sites (tertiary alicyclic amines) is 1. The second-order valence-electron chi connectivity index (χ2n) is 7.59. The molecule has 2 heterocycles. The molecule has 1 fully saturated rings. The molecule has 8 heteroatoms. The number of benzene rings is 2. The molecule has 2 aliphatic rings. The Kier molecular flexibility index (Phi) is 5.85. The SMILES string of the molecule is CN1CCC(SCc2ccccc2F)(c2ccccc2F)CC12OC(=O)C=CC(=O)O2. The molecule has 0 aromatic heterocycles. The molecule has 0 aliphatic carbocycles. The van der Waals surface area contributed by atoms with Crippen LogP contribution in [0.15, 0.2) is 60.7 Å². The van der Waals surface area contributed by atoms with Crippen molar-refractivity contribution >= 4 is 23.7 Å². The van der Waals surface area contributed by atoms with Gasteiger partial charge in [-0.25, -0.2) is 23.3 Å². The number of ether oxygens (including phenoxy) is 2. The van der Waals surface area contributed by atoms with Gasteiger partial charge in [-0.15, -0.1) is 11.8 Å². The van der Waals surface area contributed by atoms with E-state index in [2.05, 4.69) is 0 Å². The van der Waals surface area contributed by atoms with E-state index in [9.17, 15) is 18.4 Å². The molecule has 1 atom stereocenters. The molecule has 31 heavy (non-hydrogen) atoms. The molecule has 162 valence electrons. The number of rotatable bonds is 4. The smallest absolute Gasteiger partial charge is 0.335 e. The Bertz CT molecular complexity index is 1020. The van der Waals surface area contributed by atoms with Gasteiger partial charge in [0.25, 0.3) is 0 Å². The normalized spacial score (nSPS) is 23.3. The van der Waals surface area contributed by atoms with Crippen LogP contribution in [0.5, 0.6) is 0 Å². The first kappa shape index (κ1) is 21.5. The summed E-state index contributed by atoms with van der Waals surface area (Å²) >= 11 is 1.35. The van der Waals surface area contributed by atoms with Gasteiger partial charge >= 0.3 is 17.8 Å². The lowest BCUT2D eigenvalue weighted by Crippen LogP contribution is -2.60. The number of nitrogens with zero attached hydrogens (tertiary/aromatic N) is 1. The summed E-state index contributed by atoms with van der Waals surface area (Å²) in [7, 11) is 1.68. The molecule has 0 radical (unpaired) electrons. The zero-order chi connectivity index (χ0) is 22.1. The van der Waals surface area contributed by atoms with Crippen LogP contribution in [0.25, 0.3) is 0 Å². The van der Waals surface area contributed by atoms with E-state index in [0.717, 1.165) is 12.2 Å². The molecule has 2 aromatic rings. The van der Waals surface area contributed by atoms with Crippen LogP contribution in [0.1, 0.15) is 24.0 Å². The van der Waals surface area contributed by atoms with Gasteiger partial charge in [-0.1, -0.05) is 36.4 Å². The van der Waals surface area contributed by atoms with Crippen molar-refractivity contribution in [2.75, 3.05) is 13.6 Å². The van der Waals surface area contributed by atoms with E-state index in [0.29, 0.717) is 24.1 Å². The number of halogens is 2. The molecule has 5 nitrogen and oxygen atoms in total. The zero-order valence-electron chi connectivity index (χ0n) is 16.8. The van der Waals surface area contributed by atoms with E-state index >= 15 is 0 Å². The summed E-state index contributed by atoms with van der Waals surface area (Å²) in [5.74, 6) is -3.64. The molecule has 2 aromatic carbocycles. The van der Waals surface area contributed by atoms with Crippen LogP contribution < -0.4 is 0 Å². The summed E-state index contributed by atoms with van der Waals surface area (Å²) in [5, 5.41) is 0. The molecule has 1 spiro atoms. The highest BCUT2D eigenvalue weighted by atomic mass is 32.2. The van der Waals surface area contributed by atoms with Gasteiger partial charge in [-0.05, 0) is 31.2 Å². The van der Waals surface area contributed by atoms with Gasteiger partial charge in [0, 0.05) is 30.0 Å². The van der Waals surface area contributed by atoms with Gasteiger partial charge in [0.05, 0.1) is 11.2 Å². The largest absolute Gasteiger partial charge is 0.405 e. The number of carbonyl (C=O) groups excluding carboxylic acids is 2. The summed E-state index contributed by atoms with van der Waals surface area (Å²) in [4.78, 5) is 26.0. The van der Waals surface area contributed by atoms with E-state index in [1.807, 2.05) is 0 Å². The number of piperidine rings is 1. The second kappa shape index (κ2) is 8.43. The van der Waals surface area contributed by atoms with Crippen LogP contribution in [0.4, 0.5) is 8.78 Å². The average molecular weight is 445 g/mol. The number of hydrogen-bond donors (Lipinski definition) is 0. The fourth-order valence-corrected chi connectivity index (χ4v) is 5.47. The lowest BCUT2D eigenvalue weighted by atomic mass is 9.85. The molecule has 1 saturated heterocycles. The first-order valence-electron chi connectivity index (χ1n) is 9.81. The summed E-state index contributed by atoms with van der Waals surface area (Å²) in [5.41, 5.74) is 0.876. The monoisotopic (exact) mass is 445 g/mol. The lowest BCUT2D eigenvalue weighted by Gasteiger charge is -2.50. The molecule has 0 saturated carbocycles. The predicted molar refractivity (Wildman–Crippen MR) is 112 cm³/mol. The standard InChI is InChI=1S/C23H21F2NO4S/c1-26-13-12-22(17-7-3-5-9-19(17)25,31-14-16-6-2-4-8-18(16)24)15-23(26)29-20(27)10-11-21(28)30-23/h2-11H,12-15H2,1H3. The van der Waals surface area contributed by atoms with Crippen LogP contribution in [0, 0.1) is 11.6 Å². The topological polar surface area (TPSA) is 55.8 Å². The predicted octanol–water partition coefficient (Wildman–Crippen LogP) is 4.13. The number of esters is 2. The number of carbonyl (C=O) groups is 2. The molecule has 2 aliphatic heterocycles. The van der Waals surface area contributed by atoms with Crippen molar-refractivity contribution in [3.8, 4) is 0 Å². The second-order valence-corrected chi connectivity index (χ2v) is 8.95. The third-order valence-electron chi connectivity index (χ3n) is 5.64. The van der Waals surface area contributed by atoms with Crippen LogP contribution >= 0.6 is 11.8 Å². The van der Waals surface area contributed by atoms with Crippen molar-refractivity contribution < 1.29 is 27.8 Å². The van der Waals surface area contributed by atoms with E-state index < -0.39 is 28.4 Å². The van der Waals surface area contributed by atoms with E-state index in [1.54, 1.807) is 48.3 Å². The van der Waals surface area contributed by atoms with Crippen molar-refractivity contribution in [3.05, 3.63) is 83.4 Å². The summed E-state index contributed by atoms with van der Waals surface area (Å²) in [6, 6.07) is 12.7. The molecule has 0 amide bonds. The van der Waals surface area contributed by atoms with Crippen molar-refractivity contribution in [3.63, 3.8) is 0 Å². The van der Waals surface area contributed by atoms with Gasteiger partial charge in [0.2, 0.25) is 0 Å². The molecule has 0 bridgehead atoms. The molecule has 1 unspecified atom stereocenters. The first-order valence-corrected chi connectivity index (χ1v) is 10.8. The highest BCUT2D eigenvalue weighted by Crippen LogP contribution is 2.52. The molecular formula is C23H21F2NO4S. The van der Waals surface area contributed by atoms with Crippen LogP contribution in [0.2, 0.25) is 0 Å². The summed E-state index contributed by atoms with van der Waals surface area (Å²) in [6.07, 6.45) is 2.50. The quantitative estimate of drug-likeness (QED) is 0.660. The third-order valence-corrected chi connectivity index (χ3v) is 7.22. The summed E-state index contributed by atoms with van der Waals surface area (Å²) in [6.45, 7) is 0.360. The van der Waals surface area contributed by atoms with E-state index in [1.165, 1.54) is 23.9 Å². The van der Waals surface area contributed by atoms with Gasteiger partial charge < -0.3 is 9.47 Å². The van der Waals surface area contributed by atoms with Gasteiger partial charge in [-0.3, -0.25) is 0 Å². The van der Waals surface area contributed by atoms with Crippen LogP contribution in [-0.2, 0) is 29.6 Å². The Morgan fingerprint density at radius 1 is 0.968 bits per heavy atom. The van der Waals surface area contributed by atoms with Crippen LogP contribution in [0.3, 0.4) is 0 Å². The Morgan fingerprint density at radius 2 is 1.58 bits per heavy atom. The van der Waals surface area contributed by atoms with Crippen LogP contribution in [-0.4, -0.2) is 36.3 Å². The van der Waals surface area contributed by atoms with Gasteiger partial charge in [0.1, 0.15) is 11.6 Å². The minimum absolute atomic E-state index is 0.00425. The van der Waals surface area contributed by atoms with Crippen molar-refractivity contribution in [2.45, 2.75) is 29.3 Å². The maximum Gasteiger partial charge on any atom is 0.335 e. The lowest BCUT2D eigenvalue weighted by molar-refractivity contribution is -0.292. The Labute approximate surface area is 183 Å². The number of hydrogen-bond acceptors (Lipinski definition) is 6. The maximum absolute atomic E-state index is 15.0. The third kappa shape index (κ3) is 4.22. The maximum atomic E-state index is 15.0. The molecule has 0 N–H and O–H groups in total. The molecular weight excluding hydrogens is 424 g/mol.